The van der Waals surface area contributed by atoms with Crippen LogP contribution in [0.5, 0.6) is 0 Å². The van der Waals surface area contributed by atoms with Crippen LogP contribution in [0.2, 0.25) is 5.02 Å². The van der Waals surface area contributed by atoms with Crippen LogP contribution >= 0.6 is 11.6 Å². The van der Waals surface area contributed by atoms with E-state index in [9.17, 15) is 8.78 Å². The van der Waals surface area contributed by atoms with Crippen molar-refractivity contribution < 1.29 is 8.78 Å². The lowest BCUT2D eigenvalue weighted by Gasteiger charge is -2.16. The van der Waals surface area contributed by atoms with Crippen LogP contribution in [0.1, 0.15) is 12.5 Å². The SMILES string of the molecule is Cc1ccc(Cl)cc1NC(C)C(F)F. The summed E-state index contributed by atoms with van der Waals surface area (Å²) in [4.78, 5) is 0. The van der Waals surface area contributed by atoms with E-state index in [-0.39, 0.29) is 0 Å². The Morgan fingerprint density at radius 1 is 1.36 bits per heavy atom. The van der Waals surface area contributed by atoms with Crippen molar-refractivity contribution in [3.05, 3.63) is 28.8 Å². The number of nitrogens with one attached hydrogen (secondary N) is 1. The average Bonchev–Trinajstić information content (AvgIpc) is 2.11. The van der Waals surface area contributed by atoms with E-state index in [1.54, 1.807) is 18.2 Å². The molecular formula is C10H12ClF2N. The smallest absolute Gasteiger partial charge is 0.258 e. The number of anilines is 1. The van der Waals surface area contributed by atoms with E-state index in [2.05, 4.69) is 5.32 Å². The molecule has 0 radical (unpaired) electrons. The monoisotopic (exact) mass is 219 g/mol. The first-order valence-corrected chi connectivity index (χ1v) is 4.69. The zero-order valence-electron chi connectivity index (χ0n) is 8.02. The molecule has 0 amide bonds. The molecule has 1 aromatic carbocycles. The van der Waals surface area contributed by atoms with Crippen LogP contribution in [0, 0.1) is 6.92 Å². The van der Waals surface area contributed by atoms with Crippen LogP contribution in [-0.4, -0.2) is 12.5 Å². The molecule has 0 aliphatic rings. The number of hydrogen-bond donors (Lipinski definition) is 1. The van der Waals surface area contributed by atoms with E-state index in [1.165, 1.54) is 6.92 Å². The Morgan fingerprint density at radius 2 is 2.00 bits per heavy atom. The second kappa shape index (κ2) is 4.60. The maximum Gasteiger partial charge on any atom is 0.258 e. The number of halogens is 3. The molecule has 0 bridgehead atoms. The summed E-state index contributed by atoms with van der Waals surface area (Å²) in [5.74, 6) is 0. The topological polar surface area (TPSA) is 12.0 Å². The molecule has 14 heavy (non-hydrogen) atoms. The molecule has 1 aromatic rings. The van der Waals surface area contributed by atoms with E-state index in [0.717, 1.165) is 5.56 Å². The van der Waals surface area contributed by atoms with Gasteiger partial charge in [0, 0.05) is 10.7 Å². The Balaban J connectivity index is 2.80. The van der Waals surface area contributed by atoms with Gasteiger partial charge in [-0.25, -0.2) is 8.78 Å². The highest BCUT2D eigenvalue weighted by atomic mass is 35.5. The van der Waals surface area contributed by atoms with Gasteiger partial charge < -0.3 is 5.32 Å². The van der Waals surface area contributed by atoms with Crippen LogP contribution in [-0.2, 0) is 0 Å². The molecule has 0 aromatic heterocycles. The molecule has 0 spiro atoms. The third-order valence-electron chi connectivity index (χ3n) is 1.96. The van der Waals surface area contributed by atoms with Crippen LogP contribution in [0.15, 0.2) is 18.2 Å². The third kappa shape index (κ3) is 2.84. The first-order valence-electron chi connectivity index (χ1n) is 4.31. The van der Waals surface area contributed by atoms with Gasteiger partial charge in [-0.05, 0) is 31.5 Å². The maximum absolute atomic E-state index is 12.3. The fourth-order valence-electron chi connectivity index (χ4n) is 1.06. The average molecular weight is 220 g/mol. The molecule has 0 heterocycles. The van der Waals surface area contributed by atoms with Gasteiger partial charge in [0.15, 0.2) is 0 Å². The van der Waals surface area contributed by atoms with Crippen LogP contribution in [0.4, 0.5) is 14.5 Å². The van der Waals surface area contributed by atoms with Crippen molar-refractivity contribution in [2.45, 2.75) is 26.3 Å². The Morgan fingerprint density at radius 3 is 2.57 bits per heavy atom. The number of aryl methyl sites for hydroxylation is 1. The quantitative estimate of drug-likeness (QED) is 0.817. The Hall–Kier alpha value is -0.830. The fraction of sp³-hybridized carbons (Fsp3) is 0.400. The van der Waals surface area contributed by atoms with Crippen molar-refractivity contribution in [3.8, 4) is 0 Å². The molecule has 4 heteroatoms. The summed E-state index contributed by atoms with van der Waals surface area (Å²) >= 11 is 5.75. The minimum Gasteiger partial charge on any atom is -0.377 e. The van der Waals surface area contributed by atoms with Crippen LogP contribution in [0.3, 0.4) is 0 Å². The highest BCUT2D eigenvalue weighted by molar-refractivity contribution is 6.30. The molecule has 1 unspecified atom stereocenters. The summed E-state index contributed by atoms with van der Waals surface area (Å²) in [6.07, 6.45) is -2.38. The number of benzene rings is 1. The maximum atomic E-state index is 12.3. The van der Waals surface area contributed by atoms with Crippen molar-refractivity contribution >= 4 is 17.3 Å². The van der Waals surface area contributed by atoms with Crippen molar-refractivity contribution in [1.29, 1.82) is 0 Å². The fourth-order valence-corrected chi connectivity index (χ4v) is 1.23. The summed E-state index contributed by atoms with van der Waals surface area (Å²) in [7, 11) is 0. The van der Waals surface area contributed by atoms with Gasteiger partial charge in [-0.3, -0.25) is 0 Å². The molecule has 78 valence electrons. The largest absolute Gasteiger partial charge is 0.377 e. The summed E-state index contributed by atoms with van der Waals surface area (Å²) in [6.45, 7) is 3.28. The van der Waals surface area contributed by atoms with Crippen LogP contribution in [0.25, 0.3) is 0 Å². The number of rotatable bonds is 3. The summed E-state index contributed by atoms with van der Waals surface area (Å²) in [5.41, 5.74) is 1.56. The molecule has 1 N–H and O–H groups in total. The highest BCUT2D eigenvalue weighted by Crippen LogP contribution is 2.21. The van der Waals surface area contributed by atoms with E-state index >= 15 is 0 Å². The molecule has 0 fully saturated rings. The normalized spacial score (nSPS) is 13.0. The second-order valence-electron chi connectivity index (χ2n) is 3.23. The summed E-state index contributed by atoms with van der Waals surface area (Å²) in [5, 5.41) is 3.26. The molecule has 0 aliphatic carbocycles. The molecule has 1 rings (SSSR count). The number of hydrogen-bond acceptors (Lipinski definition) is 1. The standard InChI is InChI=1S/C10H12ClF2N/c1-6-3-4-8(11)5-9(6)14-7(2)10(12)13/h3-5,7,10,14H,1-2H3. The Kier molecular flexibility index (Phi) is 3.69. The van der Waals surface area contributed by atoms with E-state index in [1.807, 2.05) is 6.92 Å². The summed E-state index contributed by atoms with van der Waals surface area (Å²) in [6, 6.07) is 4.31. The van der Waals surface area contributed by atoms with Gasteiger partial charge in [0.2, 0.25) is 0 Å². The highest BCUT2D eigenvalue weighted by Gasteiger charge is 2.14. The Labute approximate surface area is 87.1 Å². The van der Waals surface area contributed by atoms with Gasteiger partial charge in [-0.15, -0.1) is 0 Å². The van der Waals surface area contributed by atoms with Gasteiger partial charge in [0.1, 0.15) is 0 Å². The second-order valence-corrected chi connectivity index (χ2v) is 3.66. The van der Waals surface area contributed by atoms with Crippen molar-refractivity contribution in [3.63, 3.8) is 0 Å². The zero-order valence-corrected chi connectivity index (χ0v) is 8.78. The molecule has 1 atom stereocenters. The predicted molar refractivity (Wildman–Crippen MR) is 55.3 cm³/mol. The molecule has 1 nitrogen and oxygen atoms in total. The lowest BCUT2D eigenvalue weighted by Crippen LogP contribution is -2.24. The lowest BCUT2D eigenvalue weighted by atomic mass is 10.2. The molecule has 0 saturated heterocycles. The minimum atomic E-state index is -2.38. The molecule has 0 saturated carbocycles. The van der Waals surface area contributed by atoms with Gasteiger partial charge >= 0.3 is 0 Å². The first-order chi connectivity index (χ1) is 6.50. The lowest BCUT2D eigenvalue weighted by molar-refractivity contribution is 0.130. The van der Waals surface area contributed by atoms with Crippen molar-refractivity contribution in [1.82, 2.24) is 0 Å². The van der Waals surface area contributed by atoms with Crippen LogP contribution < -0.4 is 5.32 Å². The summed E-state index contributed by atoms with van der Waals surface area (Å²) < 4.78 is 24.5. The number of alkyl halides is 2. The van der Waals surface area contributed by atoms with E-state index in [4.69, 9.17) is 11.6 Å². The first kappa shape index (κ1) is 11.2. The third-order valence-corrected chi connectivity index (χ3v) is 2.20. The van der Waals surface area contributed by atoms with Crippen molar-refractivity contribution in [2.24, 2.45) is 0 Å². The predicted octanol–water partition coefficient (Wildman–Crippen LogP) is 3.71. The van der Waals surface area contributed by atoms with Gasteiger partial charge in [0.05, 0.1) is 6.04 Å². The van der Waals surface area contributed by atoms with Crippen molar-refractivity contribution in [2.75, 3.05) is 5.32 Å². The van der Waals surface area contributed by atoms with Gasteiger partial charge in [0.25, 0.3) is 6.43 Å². The van der Waals surface area contributed by atoms with E-state index < -0.39 is 12.5 Å². The van der Waals surface area contributed by atoms with Gasteiger partial charge in [-0.1, -0.05) is 17.7 Å². The Bertz CT molecular complexity index is 315. The minimum absolute atomic E-state index is 0.541. The molecular weight excluding hydrogens is 208 g/mol. The van der Waals surface area contributed by atoms with E-state index in [0.29, 0.717) is 10.7 Å². The molecule has 0 aliphatic heterocycles. The van der Waals surface area contributed by atoms with Gasteiger partial charge in [-0.2, -0.15) is 0 Å². The zero-order chi connectivity index (χ0) is 10.7.